The Hall–Kier alpha value is -3.97. The van der Waals surface area contributed by atoms with Crippen molar-refractivity contribution in [2.75, 3.05) is 13.6 Å². The maximum Gasteiger partial charge on any atom is 0.416 e. The van der Waals surface area contributed by atoms with Crippen molar-refractivity contribution in [3.8, 4) is 17.1 Å². The summed E-state index contributed by atoms with van der Waals surface area (Å²) >= 11 is 5.91. The zero-order chi connectivity index (χ0) is 27.6. The SMILES string of the molecule is CCN(C)C(=O)c1ccccc1-n1cnc(Cn2nc(-c3ccc(Cl)cc3)n(CC(O)C(F)(F)F)c2=O)n1. The van der Waals surface area contributed by atoms with E-state index in [0.717, 1.165) is 9.25 Å². The number of alkyl halides is 3. The van der Waals surface area contributed by atoms with Gasteiger partial charge >= 0.3 is 11.9 Å². The van der Waals surface area contributed by atoms with Crippen molar-refractivity contribution in [2.45, 2.75) is 32.3 Å². The molecule has 2 aromatic carbocycles. The normalized spacial score (nSPS) is 12.5. The Morgan fingerprint density at radius 1 is 1.13 bits per heavy atom. The standard InChI is InChI=1S/C24H23ClF3N7O3/c1-3-32(2)22(37)17-6-4-5-7-18(17)35-14-29-20(30-35)13-34-23(38)33(12-19(36)24(26,27)28)21(31-34)15-8-10-16(25)11-9-15/h4-11,14,19,36H,3,12-13H2,1-2H3. The van der Waals surface area contributed by atoms with Gasteiger partial charge in [-0.15, -0.1) is 10.2 Å². The van der Waals surface area contributed by atoms with Crippen LogP contribution < -0.4 is 5.69 Å². The molecule has 0 bridgehead atoms. The van der Waals surface area contributed by atoms with Crippen LogP contribution in [-0.2, 0) is 13.1 Å². The molecule has 1 amide bonds. The smallest absolute Gasteiger partial charge is 0.382 e. The van der Waals surface area contributed by atoms with Gasteiger partial charge in [0.2, 0.25) is 0 Å². The minimum absolute atomic E-state index is 0.0899. The summed E-state index contributed by atoms with van der Waals surface area (Å²) in [4.78, 5) is 31.6. The number of rotatable bonds is 8. The molecule has 0 radical (unpaired) electrons. The largest absolute Gasteiger partial charge is 0.416 e. The third-order valence-corrected chi connectivity index (χ3v) is 6.04. The first-order valence-electron chi connectivity index (χ1n) is 11.4. The second-order valence-corrected chi connectivity index (χ2v) is 8.82. The number of nitrogens with zero attached hydrogens (tertiary/aromatic N) is 7. The van der Waals surface area contributed by atoms with E-state index >= 15 is 0 Å². The van der Waals surface area contributed by atoms with E-state index in [1.807, 2.05) is 6.92 Å². The lowest BCUT2D eigenvalue weighted by Crippen LogP contribution is -2.37. The molecule has 0 aliphatic heterocycles. The number of amides is 1. The van der Waals surface area contributed by atoms with Crippen molar-refractivity contribution in [1.29, 1.82) is 0 Å². The predicted molar refractivity (Wildman–Crippen MR) is 132 cm³/mol. The van der Waals surface area contributed by atoms with Gasteiger partial charge in [-0.2, -0.15) is 13.2 Å². The molecule has 1 N–H and O–H groups in total. The Balaban J connectivity index is 1.69. The zero-order valence-corrected chi connectivity index (χ0v) is 21.1. The molecule has 0 spiro atoms. The number of aliphatic hydroxyl groups is 1. The number of aromatic nitrogens is 6. The van der Waals surface area contributed by atoms with Gasteiger partial charge in [0.1, 0.15) is 12.9 Å². The van der Waals surface area contributed by atoms with E-state index in [1.165, 1.54) is 40.2 Å². The molecule has 1 atom stereocenters. The summed E-state index contributed by atoms with van der Waals surface area (Å²) in [6.45, 7) is 1.02. The van der Waals surface area contributed by atoms with Gasteiger partial charge in [-0.3, -0.25) is 9.36 Å². The van der Waals surface area contributed by atoms with E-state index in [-0.39, 0.29) is 24.1 Å². The van der Waals surface area contributed by atoms with Crippen molar-refractivity contribution in [2.24, 2.45) is 0 Å². The van der Waals surface area contributed by atoms with Crippen molar-refractivity contribution < 1.29 is 23.1 Å². The van der Waals surface area contributed by atoms with Crippen LogP contribution in [0.2, 0.25) is 5.02 Å². The Labute approximate surface area is 219 Å². The molecule has 14 heteroatoms. The molecule has 0 saturated carbocycles. The third-order valence-electron chi connectivity index (χ3n) is 5.79. The fourth-order valence-corrected chi connectivity index (χ4v) is 3.75. The average molecular weight is 550 g/mol. The minimum atomic E-state index is -4.93. The molecular formula is C24H23ClF3N7O3. The molecule has 2 heterocycles. The van der Waals surface area contributed by atoms with Crippen LogP contribution in [0, 0.1) is 0 Å². The number of carbonyl (C=O) groups is 1. The summed E-state index contributed by atoms with van der Waals surface area (Å²) in [5.74, 6) is -0.180. The summed E-state index contributed by atoms with van der Waals surface area (Å²) < 4.78 is 42.3. The summed E-state index contributed by atoms with van der Waals surface area (Å²) in [5, 5.41) is 18.6. The van der Waals surface area contributed by atoms with Crippen molar-refractivity contribution >= 4 is 17.5 Å². The first-order valence-corrected chi connectivity index (χ1v) is 11.8. The van der Waals surface area contributed by atoms with Gasteiger partial charge in [0, 0.05) is 24.2 Å². The second kappa shape index (κ2) is 10.8. The maximum absolute atomic E-state index is 13.1. The van der Waals surface area contributed by atoms with Crippen LogP contribution >= 0.6 is 11.6 Å². The summed E-state index contributed by atoms with van der Waals surface area (Å²) in [6.07, 6.45) is -6.35. The first-order chi connectivity index (χ1) is 18.0. The van der Waals surface area contributed by atoms with Gasteiger partial charge in [0.25, 0.3) is 5.91 Å². The molecule has 1 unspecified atom stereocenters. The maximum atomic E-state index is 13.1. The van der Waals surface area contributed by atoms with Crippen molar-refractivity contribution in [3.05, 3.63) is 81.8 Å². The Morgan fingerprint density at radius 2 is 1.82 bits per heavy atom. The fourth-order valence-electron chi connectivity index (χ4n) is 3.62. The van der Waals surface area contributed by atoms with E-state index < -0.39 is 24.5 Å². The van der Waals surface area contributed by atoms with Crippen LogP contribution in [0.1, 0.15) is 23.1 Å². The van der Waals surface area contributed by atoms with Crippen LogP contribution in [0.25, 0.3) is 17.1 Å². The summed E-state index contributed by atoms with van der Waals surface area (Å²) in [5.41, 5.74) is 0.283. The minimum Gasteiger partial charge on any atom is -0.382 e. The van der Waals surface area contributed by atoms with Crippen molar-refractivity contribution in [3.63, 3.8) is 0 Å². The lowest BCUT2D eigenvalue weighted by Gasteiger charge is -2.16. The number of aliphatic hydroxyl groups excluding tert-OH is 1. The molecule has 4 rings (SSSR count). The molecule has 0 aliphatic carbocycles. The summed E-state index contributed by atoms with van der Waals surface area (Å²) in [7, 11) is 1.67. The molecule has 10 nitrogen and oxygen atoms in total. The average Bonchev–Trinajstić information content (AvgIpc) is 3.48. The molecule has 0 aliphatic rings. The van der Waals surface area contributed by atoms with Gasteiger partial charge in [0.05, 0.1) is 17.8 Å². The third kappa shape index (κ3) is 5.63. The first kappa shape index (κ1) is 27.1. The highest BCUT2D eigenvalue weighted by atomic mass is 35.5. The van der Waals surface area contributed by atoms with E-state index in [4.69, 9.17) is 11.6 Å². The fraction of sp³-hybridized carbons (Fsp3) is 0.292. The Morgan fingerprint density at radius 3 is 2.47 bits per heavy atom. The topological polar surface area (TPSA) is 111 Å². The molecule has 38 heavy (non-hydrogen) atoms. The number of hydrogen-bond acceptors (Lipinski definition) is 6. The predicted octanol–water partition coefficient (Wildman–Crippen LogP) is 3.01. The molecular weight excluding hydrogens is 527 g/mol. The van der Waals surface area contributed by atoms with Crippen LogP contribution in [-0.4, -0.2) is 70.9 Å². The van der Waals surface area contributed by atoms with Crippen LogP contribution in [0.4, 0.5) is 13.2 Å². The number of para-hydroxylation sites is 1. The van der Waals surface area contributed by atoms with Gasteiger partial charge in [-0.25, -0.2) is 19.1 Å². The van der Waals surface area contributed by atoms with E-state index in [0.29, 0.717) is 28.4 Å². The van der Waals surface area contributed by atoms with E-state index in [2.05, 4.69) is 15.2 Å². The number of halogens is 4. The summed E-state index contributed by atoms with van der Waals surface area (Å²) in [6, 6.07) is 12.8. The Bertz CT molecular complexity index is 1500. The lowest BCUT2D eigenvalue weighted by atomic mass is 10.1. The highest BCUT2D eigenvalue weighted by Crippen LogP contribution is 2.24. The lowest BCUT2D eigenvalue weighted by molar-refractivity contribution is -0.207. The van der Waals surface area contributed by atoms with E-state index in [9.17, 15) is 27.9 Å². The van der Waals surface area contributed by atoms with Gasteiger partial charge in [0.15, 0.2) is 17.8 Å². The quantitative estimate of drug-likeness (QED) is 0.362. The van der Waals surface area contributed by atoms with Crippen LogP contribution in [0.3, 0.4) is 0 Å². The molecule has 0 saturated heterocycles. The van der Waals surface area contributed by atoms with Gasteiger partial charge in [-0.05, 0) is 43.3 Å². The Kier molecular flexibility index (Phi) is 7.69. The van der Waals surface area contributed by atoms with Gasteiger partial charge < -0.3 is 10.0 Å². The number of carbonyl (C=O) groups excluding carboxylic acids is 1. The van der Waals surface area contributed by atoms with Crippen LogP contribution in [0.15, 0.2) is 59.7 Å². The van der Waals surface area contributed by atoms with Gasteiger partial charge in [-0.1, -0.05) is 23.7 Å². The molecule has 4 aromatic rings. The molecule has 0 fully saturated rings. The number of hydrogen-bond donors (Lipinski definition) is 1. The van der Waals surface area contributed by atoms with Crippen molar-refractivity contribution in [1.82, 2.24) is 34.0 Å². The highest BCUT2D eigenvalue weighted by molar-refractivity contribution is 6.30. The number of benzene rings is 2. The second-order valence-electron chi connectivity index (χ2n) is 8.38. The zero-order valence-electron chi connectivity index (χ0n) is 20.3. The van der Waals surface area contributed by atoms with E-state index in [1.54, 1.807) is 31.3 Å². The monoisotopic (exact) mass is 549 g/mol. The highest BCUT2D eigenvalue weighted by Gasteiger charge is 2.39. The molecule has 200 valence electrons. The molecule has 2 aromatic heterocycles. The van der Waals surface area contributed by atoms with Crippen LogP contribution in [0.5, 0.6) is 0 Å².